The molecule has 0 spiro atoms. The van der Waals surface area contributed by atoms with Gasteiger partial charge in [0.1, 0.15) is 0 Å². The van der Waals surface area contributed by atoms with Crippen LogP contribution in [0.5, 0.6) is 0 Å². The van der Waals surface area contributed by atoms with E-state index in [1.54, 1.807) is 0 Å². The summed E-state index contributed by atoms with van der Waals surface area (Å²) in [6.07, 6.45) is -0.580. The number of alkyl carbamates (subject to hydrolysis) is 1. The van der Waals surface area contributed by atoms with Gasteiger partial charge in [-0.3, -0.25) is 0 Å². The molecule has 0 unspecified atom stereocenters. The summed E-state index contributed by atoms with van der Waals surface area (Å²) < 4.78 is 41.5. The second kappa shape index (κ2) is 7.90. The molecule has 1 amide bonds. The predicted molar refractivity (Wildman–Crippen MR) is 125 cm³/mol. The Bertz CT molecular complexity index is 912. The number of hydrogen-bond acceptors (Lipinski definition) is 6. The van der Waals surface area contributed by atoms with Crippen molar-refractivity contribution in [2.24, 2.45) is 0 Å². The van der Waals surface area contributed by atoms with Gasteiger partial charge >= 0.3 is 13.2 Å². The minimum atomic E-state index is -3.20. The lowest BCUT2D eigenvalue weighted by Gasteiger charge is -2.41. The third-order valence-corrected chi connectivity index (χ3v) is 9.92. The highest BCUT2D eigenvalue weighted by molar-refractivity contribution is 7.93. The number of benzene rings is 1. The van der Waals surface area contributed by atoms with Crippen LogP contribution in [0.25, 0.3) is 0 Å². The maximum atomic E-state index is 12.4. The minimum Gasteiger partial charge on any atom is -0.450 e. The van der Waals surface area contributed by atoms with E-state index in [4.69, 9.17) is 14.0 Å². The zero-order valence-corrected chi connectivity index (χ0v) is 21.4. The van der Waals surface area contributed by atoms with Gasteiger partial charge in [0.05, 0.1) is 34.9 Å². The largest absolute Gasteiger partial charge is 0.494 e. The first kappa shape index (κ1) is 24.3. The molecule has 1 aromatic carbocycles. The van der Waals surface area contributed by atoms with Gasteiger partial charge in [0.2, 0.25) is 0 Å². The lowest BCUT2D eigenvalue weighted by Crippen LogP contribution is -2.63. The number of carbonyl (C=O) groups excluding carboxylic acids is 1. The average molecular weight is 467 g/mol. The maximum Gasteiger partial charge on any atom is 0.494 e. The van der Waals surface area contributed by atoms with Crippen LogP contribution in [0.2, 0.25) is 25.7 Å². The zero-order chi connectivity index (χ0) is 23.3. The number of ether oxygens (including phenoxy) is 1. The Labute approximate surface area is 187 Å². The molecule has 2 aliphatic rings. The fraction of sp³-hybridized carbons (Fsp3) is 0.667. The zero-order valence-electron chi connectivity index (χ0n) is 19.6. The average Bonchev–Trinajstić information content (AvgIpc) is 2.79. The highest BCUT2D eigenvalue weighted by atomic mass is 32.2. The predicted octanol–water partition coefficient (Wildman–Crippen LogP) is 2.67. The van der Waals surface area contributed by atoms with Crippen LogP contribution in [0, 0.1) is 0 Å². The maximum absolute atomic E-state index is 12.4. The summed E-state index contributed by atoms with van der Waals surface area (Å²) in [5.74, 6) is -0.280. The third-order valence-electron chi connectivity index (χ3n) is 6.35. The highest BCUT2D eigenvalue weighted by Gasteiger charge is 2.53. The van der Waals surface area contributed by atoms with Crippen molar-refractivity contribution in [1.82, 2.24) is 5.32 Å². The molecule has 0 radical (unpaired) electrons. The van der Waals surface area contributed by atoms with Crippen LogP contribution in [0.1, 0.15) is 33.3 Å². The van der Waals surface area contributed by atoms with Crippen LogP contribution < -0.4 is 10.8 Å². The molecule has 2 fully saturated rings. The first-order valence-corrected chi connectivity index (χ1v) is 16.2. The van der Waals surface area contributed by atoms with Crippen molar-refractivity contribution in [2.75, 3.05) is 18.1 Å². The van der Waals surface area contributed by atoms with E-state index in [0.717, 1.165) is 17.1 Å². The van der Waals surface area contributed by atoms with Crippen molar-refractivity contribution in [2.45, 2.75) is 70.1 Å². The van der Waals surface area contributed by atoms with E-state index in [1.807, 2.05) is 52.0 Å². The third kappa shape index (κ3) is 5.35. The van der Waals surface area contributed by atoms with Crippen molar-refractivity contribution in [3.05, 3.63) is 29.8 Å². The van der Waals surface area contributed by atoms with Gasteiger partial charge in [0.25, 0.3) is 0 Å². The Morgan fingerprint density at radius 3 is 2.03 bits per heavy atom. The number of amides is 1. The van der Waals surface area contributed by atoms with E-state index in [1.165, 1.54) is 0 Å². The molecule has 2 saturated heterocycles. The molecule has 0 aromatic heterocycles. The monoisotopic (exact) mass is 467 g/mol. The van der Waals surface area contributed by atoms with Gasteiger partial charge in [-0.05, 0) is 44.8 Å². The highest BCUT2D eigenvalue weighted by Crippen LogP contribution is 2.37. The van der Waals surface area contributed by atoms with Gasteiger partial charge in [-0.25, -0.2) is 13.2 Å². The van der Waals surface area contributed by atoms with Crippen molar-refractivity contribution in [3.8, 4) is 0 Å². The lowest BCUT2D eigenvalue weighted by atomic mass is 9.77. The summed E-state index contributed by atoms with van der Waals surface area (Å²) in [6.45, 7) is 14.9. The standard InChI is InChI=1S/C21H34BNO6SSi/c1-19(2)20(3,4)29-22(28-19)17-10-8-16(9-11-17)21(14-30(25,26)15-21)23-18(24)27-12-13-31(5,6)7/h8-11H,12-15H2,1-7H3,(H,23,24). The van der Waals surface area contributed by atoms with E-state index >= 15 is 0 Å². The molecule has 1 N–H and O–H groups in total. The topological polar surface area (TPSA) is 90.9 Å². The van der Waals surface area contributed by atoms with Crippen LogP contribution in [-0.2, 0) is 29.4 Å². The second-order valence-electron chi connectivity index (χ2n) is 10.9. The van der Waals surface area contributed by atoms with Gasteiger partial charge in [-0.1, -0.05) is 43.9 Å². The molecule has 0 bridgehead atoms. The Balaban J connectivity index is 1.72. The number of rotatable bonds is 6. The molecular weight excluding hydrogens is 433 g/mol. The van der Waals surface area contributed by atoms with Gasteiger partial charge in [0.15, 0.2) is 9.84 Å². The van der Waals surface area contributed by atoms with Crippen molar-refractivity contribution >= 4 is 36.6 Å². The molecular formula is C21H34BNO6SSi. The Hall–Kier alpha value is -1.36. The molecule has 7 nitrogen and oxygen atoms in total. The summed E-state index contributed by atoms with van der Waals surface area (Å²) in [6, 6.07) is 8.24. The Morgan fingerprint density at radius 2 is 1.58 bits per heavy atom. The summed E-state index contributed by atoms with van der Waals surface area (Å²) in [5, 5.41) is 2.82. The smallest absolute Gasteiger partial charge is 0.450 e. The van der Waals surface area contributed by atoms with Crippen molar-refractivity contribution < 1.29 is 27.3 Å². The number of carbonyl (C=O) groups is 1. The lowest BCUT2D eigenvalue weighted by molar-refractivity contribution is 0.00578. The van der Waals surface area contributed by atoms with E-state index in [0.29, 0.717) is 6.61 Å². The van der Waals surface area contributed by atoms with Crippen LogP contribution in [-0.4, -0.2) is 59.0 Å². The summed E-state index contributed by atoms with van der Waals surface area (Å²) >= 11 is 0. The van der Waals surface area contributed by atoms with Crippen LogP contribution >= 0.6 is 0 Å². The Kier molecular flexibility index (Phi) is 6.19. The number of sulfone groups is 1. The van der Waals surface area contributed by atoms with E-state index in [9.17, 15) is 13.2 Å². The molecule has 31 heavy (non-hydrogen) atoms. The minimum absolute atomic E-state index is 0.140. The van der Waals surface area contributed by atoms with Crippen molar-refractivity contribution in [1.29, 1.82) is 0 Å². The molecule has 1 aromatic rings. The fourth-order valence-corrected chi connectivity index (χ4v) is 6.25. The second-order valence-corrected chi connectivity index (χ2v) is 18.6. The molecule has 3 rings (SSSR count). The van der Waals surface area contributed by atoms with Crippen LogP contribution in [0.4, 0.5) is 4.79 Å². The number of hydrogen-bond donors (Lipinski definition) is 1. The number of nitrogens with one attached hydrogen (secondary N) is 1. The quantitative estimate of drug-likeness (QED) is 0.647. The summed E-state index contributed by atoms with van der Waals surface area (Å²) in [5.41, 5.74) is -0.284. The van der Waals surface area contributed by atoms with Gasteiger partial charge < -0.3 is 19.4 Å². The van der Waals surface area contributed by atoms with Crippen LogP contribution in [0.15, 0.2) is 24.3 Å². The van der Waals surface area contributed by atoms with Gasteiger partial charge in [0, 0.05) is 8.07 Å². The van der Waals surface area contributed by atoms with Crippen LogP contribution in [0.3, 0.4) is 0 Å². The van der Waals surface area contributed by atoms with Crippen molar-refractivity contribution in [3.63, 3.8) is 0 Å². The SMILES string of the molecule is CC1(C)OB(c2ccc(C3(NC(=O)OCC[Si](C)(C)C)CS(=O)(=O)C3)cc2)OC1(C)C. The fourth-order valence-electron chi connectivity index (χ4n) is 3.64. The summed E-state index contributed by atoms with van der Waals surface area (Å²) in [7, 11) is -5.02. The molecule has 0 aliphatic carbocycles. The molecule has 0 atom stereocenters. The Morgan fingerprint density at radius 1 is 1.06 bits per heavy atom. The molecule has 172 valence electrons. The summed E-state index contributed by atoms with van der Waals surface area (Å²) in [4.78, 5) is 12.4. The van der Waals surface area contributed by atoms with Gasteiger partial charge in [-0.2, -0.15) is 0 Å². The van der Waals surface area contributed by atoms with E-state index in [2.05, 4.69) is 25.0 Å². The normalized spacial score (nSPS) is 23.1. The van der Waals surface area contributed by atoms with E-state index < -0.39 is 47.9 Å². The van der Waals surface area contributed by atoms with E-state index in [-0.39, 0.29) is 11.5 Å². The van der Waals surface area contributed by atoms with Gasteiger partial charge in [-0.15, -0.1) is 0 Å². The molecule has 10 heteroatoms. The first-order chi connectivity index (χ1) is 14.0. The molecule has 0 saturated carbocycles. The molecule has 2 aliphatic heterocycles. The first-order valence-electron chi connectivity index (χ1n) is 10.7. The molecule has 2 heterocycles.